The molecule has 0 amide bonds. The van der Waals surface area contributed by atoms with Gasteiger partial charge in [0.2, 0.25) is 0 Å². The first-order chi connectivity index (χ1) is 13.2. The lowest BCUT2D eigenvalue weighted by molar-refractivity contribution is 0.0526. The normalized spacial score (nSPS) is 10.3. The molecule has 3 rings (SSSR count). The summed E-state index contributed by atoms with van der Waals surface area (Å²) in [5.41, 5.74) is 3.10. The Morgan fingerprint density at radius 2 is 1.63 bits per heavy atom. The number of benzene rings is 2. The molecule has 0 aliphatic heterocycles. The van der Waals surface area contributed by atoms with Gasteiger partial charge in [-0.1, -0.05) is 30.0 Å². The summed E-state index contributed by atoms with van der Waals surface area (Å²) in [6, 6.07) is 17.7. The van der Waals surface area contributed by atoms with Crippen molar-refractivity contribution in [3.63, 3.8) is 0 Å². The lowest BCUT2D eigenvalue weighted by Gasteiger charge is -2.12. The molecule has 2 N–H and O–H groups in total. The third-order valence-corrected chi connectivity index (χ3v) is 4.22. The van der Waals surface area contributed by atoms with Gasteiger partial charge in [-0.15, -0.1) is 0 Å². The zero-order valence-electron chi connectivity index (χ0n) is 15.1. The van der Waals surface area contributed by atoms with Gasteiger partial charge in [-0.3, -0.25) is 0 Å². The molecule has 0 radical (unpaired) electrons. The quantitative estimate of drug-likeness (QED) is 0.344. The Kier molecular flexibility index (Phi) is 6.27. The molecule has 0 bridgehead atoms. The van der Waals surface area contributed by atoms with Crippen LogP contribution in [0.1, 0.15) is 17.3 Å². The second-order valence-electron chi connectivity index (χ2n) is 5.53. The van der Waals surface area contributed by atoms with Crippen LogP contribution >= 0.6 is 11.8 Å². The number of aromatic nitrogens is 2. The Balaban J connectivity index is 1.79. The smallest absolute Gasteiger partial charge is 0.343 e. The van der Waals surface area contributed by atoms with Crippen molar-refractivity contribution in [2.75, 3.05) is 23.5 Å². The maximum atomic E-state index is 12.2. The van der Waals surface area contributed by atoms with E-state index in [1.165, 1.54) is 18.0 Å². The van der Waals surface area contributed by atoms with Crippen molar-refractivity contribution in [1.29, 1.82) is 0 Å². The van der Waals surface area contributed by atoms with Gasteiger partial charge < -0.3 is 15.4 Å². The summed E-state index contributed by atoms with van der Waals surface area (Å²) < 4.78 is 5.09. The first-order valence-corrected chi connectivity index (χ1v) is 9.69. The number of para-hydroxylation sites is 1. The Morgan fingerprint density at radius 1 is 1.00 bits per heavy atom. The number of rotatable bonds is 7. The highest BCUT2D eigenvalue weighted by molar-refractivity contribution is 7.98. The van der Waals surface area contributed by atoms with Crippen molar-refractivity contribution in [2.45, 2.75) is 12.1 Å². The van der Waals surface area contributed by atoms with E-state index >= 15 is 0 Å². The van der Waals surface area contributed by atoms with Crippen LogP contribution < -0.4 is 10.6 Å². The topological polar surface area (TPSA) is 76.1 Å². The maximum absolute atomic E-state index is 12.2. The second kappa shape index (κ2) is 9.05. The number of nitrogens with zero attached hydrogens (tertiary/aromatic N) is 2. The molecule has 0 saturated carbocycles. The summed E-state index contributed by atoms with van der Waals surface area (Å²) in [7, 11) is 0. The van der Waals surface area contributed by atoms with E-state index in [2.05, 4.69) is 20.6 Å². The van der Waals surface area contributed by atoms with Crippen LogP contribution in [-0.4, -0.2) is 28.8 Å². The summed E-state index contributed by atoms with van der Waals surface area (Å²) in [5, 5.41) is 7.09. The Labute approximate surface area is 162 Å². The third-order valence-electron chi connectivity index (χ3n) is 3.65. The van der Waals surface area contributed by atoms with Crippen LogP contribution in [0.2, 0.25) is 0 Å². The molecule has 3 aromatic rings. The molecular formula is C20H20N4O2S. The molecule has 138 valence electrons. The average molecular weight is 380 g/mol. The van der Waals surface area contributed by atoms with E-state index in [0.29, 0.717) is 23.1 Å². The van der Waals surface area contributed by atoms with E-state index in [9.17, 15) is 4.79 Å². The fraction of sp³-hybridized carbons (Fsp3) is 0.150. The molecule has 1 heterocycles. The summed E-state index contributed by atoms with van der Waals surface area (Å²) in [6.07, 6.45) is 3.37. The van der Waals surface area contributed by atoms with Gasteiger partial charge in [0, 0.05) is 23.3 Å². The van der Waals surface area contributed by atoms with Gasteiger partial charge in [0.25, 0.3) is 0 Å². The fourth-order valence-electron chi connectivity index (χ4n) is 2.38. The van der Waals surface area contributed by atoms with E-state index in [4.69, 9.17) is 4.74 Å². The molecule has 0 atom stereocenters. The van der Waals surface area contributed by atoms with Crippen LogP contribution in [0.3, 0.4) is 0 Å². The maximum Gasteiger partial charge on any atom is 0.343 e. The number of thioether (sulfide) groups is 1. The monoisotopic (exact) mass is 380 g/mol. The summed E-state index contributed by atoms with van der Waals surface area (Å²) in [4.78, 5) is 20.7. The molecule has 1 aromatic heterocycles. The molecule has 0 aliphatic rings. The second-order valence-corrected chi connectivity index (χ2v) is 6.31. The molecule has 27 heavy (non-hydrogen) atoms. The minimum absolute atomic E-state index is 0.294. The lowest BCUT2D eigenvalue weighted by Crippen LogP contribution is -2.10. The number of ether oxygens (including phenoxy) is 1. The average Bonchev–Trinajstić information content (AvgIpc) is 2.70. The van der Waals surface area contributed by atoms with Crippen LogP contribution in [0.5, 0.6) is 0 Å². The first-order valence-electron chi connectivity index (χ1n) is 8.47. The van der Waals surface area contributed by atoms with Crippen molar-refractivity contribution >= 4 is 40.6 Å². The molecule has 0 unspecified atom stereocenters. The highest BCUT2D eigenvalue weighted by atomic mass is 32.2. The van der Waals surface area contributed by atoms with Gasteiger partial charge in [0.05, 0.1) is 6.61 Å². The van der Waals surface area contributed by atoms with Gasteiger partial charge >= 0.3 is 5.97 Å². The number of carbonyl (C=O) groups excluding carboxylic acids is 1. The third kappa shape index (κ3) is 4.98. The van der Waals surface area contributed by atoms with Crippen molar-refractivity contribution < 1.29 is 9.53 Å². The molecule has 0 aliphatic carbocycles. The van der Waals surface area contributed by atoms with E-state index in [1.807, 2.05) is 60.9 Å². The zero-order chi connectivity index (χ0) is 19.1. The van der Waals surface area contributed by atoms with E-state index in [0.717, 1.165) is 17.1 Å². The van der Waals surface area contributed by atoms with Crippen LogP contribution in [0.15, 0.2) is 66.0 Å². The lowest BCUT2D eigenvalue weighted by atomic mass is 10.2. The van der Waals surface area contributed by atoms with E-state index < -0.39 is 5.97 Å². The van der Waals surface area contributed by atoms with E-state index in [-0.39, 0.29) is 0 Å². The van der Waals surface area contributed by atoms with Crippen LogP contribution in [0.4, 0.5) is 22.9 Å². The molecule has 6 nitrogen and oxygen atoms in total. The number of esters is 1. The molecule has 0 saturated heterocycles. The number of hydrogen-bond acceptors (Lipinski definition) is 7. The van der Waals surface area contributed by atoms with Crippen LogP contribution in [0.25, 0.3) is 0 Å². The van der Waals surface area contributed by atoms with E-state index in [1.54, 1.807) is 6.92 Å². The predicted octanol–water partition coefficient (Wildman–Crippen LogP) is 4.86. The zero-order valence-corrected chi connectivity index (χ0v) is 15.9. The van der Waals surface area contributed by atoms with Crippen molar-refractivity contribution in [2.24, 2.45) is 0 Å². The Morgan fingerprint density at radius 3 is 2.26 bits per heavy atom. The molecular weight excluding hydrogens is 360 g/mol. The number of nitrogens with one attached hydrogen (secondary N) is 2. The van der Waals surface area contributed by atoms with Crippen molar-refractivity contribution in [1.82, 2.24) is 9.97 Å². The number of anilines is 4. The largest absolute Gasteiger partial charge is 0.462 e. The Bertz CT molecular complexity index is 902. The first kappa shape index (κ1) is 18.7. The predicted molar refractivity (Wildman–Crippen MR) is 109 cm³/mol. The minimum Gasteiger partial charge on any atom is -0.462 e. The van der Waals surface area contributed by atoms with Gasteiger partial charge in [-0.05, 0) is 49.6 Å². The fourth-order valence-corrected chi connectivity index (χ4v) is 2.72. The minimum atomic E-state index is -0.449. The van der Waals surface area contributed by atoms with Crippen LogP contribution in [0, 0.1) is 0 Å². The highest BCUT2D eigenvalue weighted by Crippen LogP contribution is 2.24. The van der Waals surface area contributed by atoms with Gasteiger partial charge in [0.15, 0.2) is 5.16 Å². The van der Waals surface area contributed by atoms with Gasteiger partial charge in [-0.25, -0.2) is 14.8 Å². The van der Waals surface area contributed by atoms with Gasteiger partial charge in [0.1, 0.15) is 11.4 Å². The van der Waals surface area contributed by atoms with Crippen molar-refractivity contribution in [3.8, 4) is 0 Å². The SMILES string of the molecule is CCOC(=O)c1cnc(SC)nc1Nc1ccc(Nc2ccccc2)cc1. The summed E-state index contributed by atoms with van der Waals surface area (Å²) >= 11 is 1.41. The summed E-state index contributed by atoms with van der Waals surface area (Å²) in [6.45, 7) is 2.06. The summed E-state index contributed by atoms with van der Waals surface area (Å²) in [5.74, 6) is -0.0217. The molecule has 2 aromatic carbocycles. The van der Waals surface area contributed by atoms with Gasteiger partial charge in [-0.2, -0.15) is 0 Å². The Hall–Kier alpha value is -3.06. The number of hydrogen-bond donors (Lipinski definition) is 2. The molecule has 0 spiro atoms. The van der Waals surface area contributed by atoms with Crippen molar-refractivity contribution in [3.05, 3.63) is 66.4 Å². The molecule has 7 heteroatoms. The standard InChI is InChI=1S/C20H20N4O2S/c1-3-26-19(25)17-13-21-20(27-2)24-18(17)23-16-11-9-15(10-12-16)22-14-7-5-4-6-8-14/h4-13,22H,3H2,1-2H3,(H,21,23,24). The van der Waals surface area contributed by atoms with Crippen LogP contribution in [-0.2, 0) is 4.74 Å². The molecule has 0 fully saturated rings. The number of carbonyl (C=O) groups is 1. The highest BCUT2D eigenvalue weighted by Gasteiger charge is 2.16.